The lowest BCUT2D eigenvalue weighted by molar-refractivity contribution is 0.434. The summed E-state index contributed by atoms with van der Waals surface area (Å²) in [6, 6.07) is 16.4. The Balaban J connectivity index is 1.63. The minimum atomic E-state index is -3.45. The van der Waals surface area contributed by atoms with Gasteiger partial charge in [0.25, 0.3) is 0 Å². The van der Waals surface area contributed by atoms with Crippen LogP contribution >= 0.6 is 0 Å². The normalized spacial score (nSPS) is 12.1. The average molecular weight is 478 g/mol. The van der Waals surface area contributed by atoms with Gasteiger partial charge in [0, 0.05) is 23.7 Å². The van der Waals surface area contributed by atoms with Crippen LogP contribution < -0.4 is 11.1 Å². The maximum atomic E-state index is 12.7. The van der Waals surface area contributed by atoms with E-state index in [2.05, 4.69) is 20.4 Å². The van der Waals surface area contributed by atoms with Crippen molar-refractivity contribution in [2.24, 2.45) is 0 Å². The van der Waals surface area contributed by atoms with Crippen molar-refractivity contribution < 1.29 is 12.9 Å². The number of aromatic nitrogens is 3. The van der Waals surface area contributed by atoms with Crippen LogP contribution in [0.2, 0.25) is 0 Å². The molecule has 0 aliphatic heterocycles. The Hall–Kier alpha value is -3.56. The van der Waals surface area contributed by atoms with E-state index in [0.717, 1.165) is 12.1 Å². The van der Waals surface area contributed by atoms with Crippen LogP contribution in [0.5, 0.6) is 0 Å². The average Bonchev–Trinajstić information content (AvgIpc) is 3.29. The van der Waals surface area contributed by atoms with Crippen molar-refractivity contribution in [1.29, 1.82) is 0 Å². The molecule has 0 saturated carbocycles. The van der Waals surface area contributed by atoms with Crippen molar-refractivity contribution in [2.75, 3.05) is 12.8 Å². The predicted octanol–water partition coefficient (Wildman–Crippen LogP) is 4.34. The Bertz CT molecular complexity index is 1400. The lowest BCUT2D eigenvalue weighted by Crippen LogP contribution is -2.27. The molecule has 2 heterocycles. The number of nitrogens with two attached hydrogens (primary N) is 1. The number of rotatable bonds is 6. The first-order valence-corrected chi connectivity index (χ1v) is 12.3. The molecule has 0 amide bonds. The maximum Gasteiger partial charge on any atom is 0.189 e. The smallest absolute Gasteiger partial charge is 0.189 e. The molecule has 34 heavy (non-hydrogen) atoms. The summed E-state index contributed by atoms with van der Waals surface area (Å²) in [6.45, 7) is 5.82. The monoisotopic (exact) mass is 477 g/mol. The van der Waals surface area contributed by atoms with Crippen molar-refractivity contribution in [1.82, 2.24) is 20.4 Å². The van der Waals surface area contributed by atoms with Crippen LogP contribution in [-0.4, -0.2) is 35.3 Å². The summed E-state index contributed by atoms with van der Waals surface area (Å²) in [4.78, 5) is 9.14. The molecule has 8 nitrogen and oxygen atoms in total. The fourth-order valence-electron chi connectivity index (χ4n) is 3.40. The van der Waals surface area contributed by atoms with Crippen LogP contribution in [0.3, 0.4) is 0 Å². The van der Waals surface area contributed by atoms with Crippen molar-refractivity contribution in [2.45, 2.75) is 37.0 Å². The molecule has 4 aromatic rings. The molecule has 0 atom stereocenters. The Kier molecular flexibility index (Phi) is 6.24. The van der Waals surface area contributed by atoms with E-state index < -0.39 is 14.6 Å². The Morgan fingerprint density at radius 2 is 1.59 bits per heavy atom. The van der Waals surface area contributed by atoms with Gasteiger partial charge in [-0.1, -0.05) is 41.6 Å². The van der Waals surface area contributed by atoms with E-state index >= 15 is 0 Å². The van der Waals surface area contributed by atoms with Crippen LogP contribution in [0.25, 0.3) is 34.0 Å². The summed E-state index contributed by atoms with van der Waals surface area (Å²) in [6.07, 6.45) is 1.55. The van der Waals surface area contributed by atoms with Gasteiger partial charge >= 0.3 is 0 Å². The van der Waals surface area contributed by atoms with E-state index in [-0.39, 0.29) is 10.7 Å². The lowest BCUT2D eigenvalue weighted by Gasteiger charge is -2.19. The number of hydrogen-bond donors (Lipinski definition) is 2. The molecular formula is C25H27N5O3S. The van der Waals surface area contributed by atoms with Crippen LogP contribution in [0.15, 0.2) is 70.2 Å². The molecular weight excluding hydrogens is 450 g/mol. The summed E-state index contributed by atoms with van der Waals surface area (Å²) < 4.78 is 30.0. The van der Waals surface area contributed by atoms with Crippen LogP contribution in [0, 0.1) is 0 Å². The van der Waals surface area contributed by atoms with Crippen molar-refractivity contribution in [3.63, 3.8) is 0 Å². The molecule has 0 aliphatic rings. The highest BCUT2D eigenvalue weighted by Crippen LogP contribution is 2.31. The number of nitrogens with one attached hydrogen (secondary N) is 1. The molecule has 4 rings (SSSR count). The van der Waals surface area contributed by atoms with Gasteiger partial charge in [-0.15, -0.1) is 0 Å². The van der Waals surface area contributed by atoms with Crippen molar-refractivity contribution in [3.05, 3.63) is 66.4 Å². The van der Waals surface area contributed by atoms with Crippen molar-refractivity contribution in [3.8, 4) is 34.0 Å². The Morgan fingerprint density at radius 1 is 0.971 bits per heavy atom. The van der Waals surface area contributed by atoms with Crippen LogP contribution in [0.1, 0.15) is 26.3 Å². The van der Waals surface area contributed by atoms with Gasteiger partial charge in [-0.05, 0) is 45.5 Å². The van der Waals surface area contributed by atoms with Gasteiger partial charge in [-0.2, -0.15) is 0 Å². The van der Waals surface area contributed by atoms with Crippen LogP contribution in [-0.2, 0) is 16.4 Å². The molecule has 0 saturated heterocycles. The molecule has 9 heteroatoms. The maximum absolute atomic E-state index is 12.7. The summed E-state index contributed by atoms with van der Waals surface area (Å²) in [7, 11) is -1.54. The van der Waals surface area contributed by atoms with Gasteiger partial charge in [0.05, 0.1) is 21.5 Å². The molecule has 0 fully saturated rings. The van der Waals surface area contributed by atoms with E-state index in [9.17, 15) is 8.42 Å². The summed E-state index contributed by atoms with van der Waals surface area (Å²) >= 11 is 0. The Labute approximate surface area is 199 Å². The molecule has 0 spiro atoms. The van der Waals surface area contributed by atoms with E-state index in [1.54, 1.807) is 57.3 Å². The standard InChI is InChI=1S/C25H27N5O3S/c1-25(2,3)34(31,32)19-11-9-18(10-12-19)21-15-28-24(26)23(29-21)22-13-20(30-33-22)17-7-5-16(6-8-17)14-27-4/h5-13,15,27H,14H2,1-4H3,(H2,26,28). The number of sulfone groups is 1. The second-order valence-electron chi connectivity index (χ2n) is 8.93. The summed E-state index contributed by atoms with van der Waals surface area (Å²) in [5, 5.41) is 7.28. The highest BCUT2D eigenvalue weighted by molar-refractivity contribution is 7.92. The van der Waals surface area contributed by atoms with Gasteiger partial charge in [-0.3, -0.25) is 0 Å². The highest BCUT2D eigenvalue weighted by atomic mass is 32.2. The fraction of sp³-hybridized carbons (Fsp3) is 0.240. The third kappa shape index (κ3) is 4.57. The minimum absolute atomic E-state index is 0.211. The van der Waals surface area contributed by atoms with E-state index in [1.165, 1.54) is 5.56 Å². The topological polar surface area (TPSA) is 124 Å². The number of anilines is 1. The first kappa shape index (κ1) is 23.6. The van der Waals surface area contributed by atoms with Gasteiger partial charge in [0.15, 0.2) is 27.1 Å². The lowest BCUT2D eigenvalue weighted by atomic mass is 10.1. The molecule has 176 valence electrons. The third-order valence-corrected chi connectivity index (χ3v) is 7.95. The first-order chi connectivity index (χ1) is 16.1. The second kappa shape index (κ2) is 9.00. The second-order valence-corrected chi connectivity index (χ2v) is 11.6. The largest absolute Gasteiger partial charge is 0.382 e. The fourth-order valence-corrected chi connectivity index (χ4v) is 4.60. The summed E-state index contributed by atoms with van der Waals surface area (Å²) in [5.74, 6) is 0.607. The van der Waals surface area contributed by atoms with Gasteiger partial charge in [-0.25, -0.2) is 18.4 Å². The van der Waals surface area contributed by atoms with Gasteiger partial charge in [0.2, 0.25) is 0 Å². The summed E-state index contributed by atoms with van der Waals surface area (Å²) in [5.41, 5.74) is 10.4. The number of hydrogen-bond acceptors (Lipinski definition) is 8. The minimum Gasteiger partial charge on any atom is -0.382 e. The molecule has 0 bridgehead atoms. The van der Waals surface area contributed by atoms with Gasteiger partial charge in [0.1, 0.15) is 5.69 Å². The predicted molar refractivity (Wildman–Crippen MR) is 133 cm³/mol. The number of nitrogen functional groups attached to an aromatic ring is 1. The zero-order valence-corrected chi connectivity index (χ0v) is 20.3. The van der Waals surface area contributed by atoms with E-state index in [4.69, 9.17) is 10.3 Å². The molecule has 0 aliphatic carbocycles. The highest BCUT2D eigenvalue weighted by Gasteiger charge is 2.30. The van der Waals surface area contributed by atoms with Crippen molar-refractivity contribution >= 4 is 15.7 Å². The molecule has 0 radical (unpaired) electrons. The van der Waals surface area contributed by atoms with E-state index in [0.29, 0.717) is 28.4 Å². The molecule has 3 N–H and O–H groups in total. The number of nitrogens with zero attached hydrogens (tertiary/aromatic N) is 3. The number of benzene rings is 2. The molecule has 0 unspecified atom stereocenters. The van der Waals surface area contributed by atoms with Crippen LogP contribution in [0.4, 0.5) is 5.82 Å². The molecule has 2 aromatic heterocycles. The van der Waals surface area contributed by atoms with Gasteiger partial charge < -0.3 is 15.6 Å². The molecule has 2 aromatic carbocycles. The first-order valence-electron chi connectivity index (χ1n) is 10.8. The SMILES string of the molecule is CNCc1ccc(-c2cc(-c3nc(-c4ccc(S(=O)(=O)C(C)(C)C)cc4)cnc3N)on2)cc1. The zero-order chi connectivity index (χ0) is 24.5. The third-order valence-electron chi connectivity index (χ3n) is 5.44. The zero-order valence-electron chi connectivity index (χ0n) is 19.5. The van der Waals surface area contributed by atoms with E-state index in [1.807, 2.05) is 31.3 Å². The quantitative estimate of drug-likeness (QED) is 0.420. The Morgan fingerprint density at radius 3 is 2.21 bits per heavy atom.